The number of hydrogen-bond donors (Lipinski definition) is 2. The number of hydrogen-bond acceptors (Lipinski definition) is 5. The Bertz CT molecular complexity index is 1260. The van der Waals surface area contributed by atoms with Crippen LogP contribution in [-0.2, 0) is 16.0 Å². The van der Waals surface area contributed by atoms with E-state index in [2.05, 4.69) is 16.0 Å². The van der Waals surface area contributed by atoms with Crippen molar-refractivity contribution < 1.29 is 14.3 Å². The third-order valence-corrected chi connectivity index (χ3v) is 6.01. The summed E-state index contributed by atoms with van der Waals surface area (Å²) in [6.07, 6.45) is 0.126. The summed E-state index contributed by atoms with van der Waals surface area (Å²) in [5.74, 6) is -0.395. The van der Waals surface area contributed by atoms with Gasteiger partial charge >= 0.3 is 0 Å². The molecule has 0 aliphatic carbocycles. The summed E-state index contributed by atoms with van der Waals surface area (Å²) in [5.41, 5.74) is 12.2. The molecule has 0 unspecified atom stereocenters. The average molecular weight is 420 g/mol. The molecule has 5 rings (SSSR count). The van der Waals surface area contributed by atoms with Gasteiger partial charge in [-0.2, -0.15) is 0 Å². The van der Waals surface area contributed by atoms with E-state index in [4.69, 9.17) is 10.5 Å². The van der Waals surface area contributed by atoms with E-state index < -0.39 is 5.91 Å². The zero-order chi connectivity index (χ0) is 20.7. The number of ether oxygens (including phenoxy) is 1. The number of aromatic amines is 1. The van der Waals surface area contributed by atoms with Crippen LogP contribution in [0.3, 0.4) is 0 Å². The Kier molecular flexibility index (Phi) is 4.72. The van der Waals surface area contributed by atoms with E-state index in [1.165, 1.54) is 11.3 Å². The van der Waals surface area contributed by atoms with Crippen molar-refractivity contribution >= 4 is 45.0 Å². The molecule has 8 heteroatoms. The van der Waals surface area contributed by atoms with Crippen molar-refractivity contribution in [3.63, 3.8) is 0 Å². The molecular formula is C22H20N4O3S. The largest absolute Gasteiger partial charge is 0.378 e. The van der Waals surface area contributed by atoms with Gasteiger partial charge in [-0.05, 0) is 29.8 Å². The molecular weight excluding hydrogens is 400 g/mol. The number of morpholine rings is 1. The number of nitrogens with two attached hydrogens (primary N) is 1. The fraction of sp³-hybridized carbons (Fsp3) is 0.227. The van der Waals surface area contributed by atoms with Crippen molar-refractivity contribution in [2.75, 3.05) is 26.3 Å². The van der Waals surface area contributed by atoms with Crippen molar-refractivity contribution in [1.29, 1.82) is 0 Å². The lowest BCUT2D eigenvalue weighted by atomic mass is 10.0. The van der Waals surface area contributed by atoms with Gasteiger partial charge in [-0.15, -0.1) is 11.3 Å². The quantitative estimate of drug-likeness (QED) is 0.530. The van der Waals surface area contributed by atoms with Crippen molar-refractivity contribution in [3.8, 4) is 11.3 Å². The highest BCUT2D eigenvalue weighted by molar-refractivity contribution is 7.07. The van der Waals surface area contributed by atoms with E-state index >= 15 is 0 Å². The topological polar surface area (TPSA) is 101 Å². The number of fused-ring (bicyclic) bond motifs is 3. The molecule has 0 saturated carbocycles. The maximum absolute atomic E-state index is 12.9. The van der Waals surface area contributed by atoms with Crippen LogP contribution in [0.25, 0.3) is 33.1 Å². The molecule has 152 valence electrons. The molecule has 1 aliphatic rings. The minimum atomic E-state index is -0.395. The molecule has 0 bridgehead atoms. The van der Waals surface area contributed by atoms with E-state index in [0.29, 0.717) is 31.9 Å². The van der Waals surface area contributed by atoms with Gasteiger partial charge < -0.3 is 20.4 Å². The van der Waals surface area contributed by atoms with Gasteiger partial charge in [0.1, 0.15) is 0 Å². The molecule has 0 spiro atoms. The Hall–Kier alpha value is -3.23. The Labute approximate surface area is 176 Å². The lowest BCUT2D eigenvalue weighted by molar-refractivity contribution is -0.117. The van der Waals surface area contributed by atoms with Crippen LogP contribution in [0.4, 0.5) is 0 Å². The summed E-state index contributed by atoms with van der Waals surface area (Å²) < 4.78 is 5.34. The second-order valence-corrected chi connectivity index (χ2v) is 8.08. The SMILES string of the molecule is NC(=O)Cc1cc(-c2cscn2)cc2c1[nH]c1cc(C(=O)N3CCOCC3)ccc12. The summed E-state index contributed by atoms with van der Waals surface area (Å²) >= 11 is 1.52. The lowest BCUT2D eigenvalue weighted by Crippen LogP contribution is -2.40. The third kappa shape index (κ3) is 3.34. The van der Waals surface area contributed by atoms with Crippen LogP contribution in [-0.4, -0.2) is 53.0 Å². The second-order valence-electron chi connectivity index (χ2n) is 7.36. The van der Waals surface area contributed by atoms with Crippen LogP contribution >= 0.6 is 11.3 Å². The van der Waals surface area contributed by atoms with E-state index in [1.807, 2.05) is 34.5 Å². The number of amides is 2. The lowest BCUT2D eigenvalue weighted by Gasteiger charge is -2.26. The van der Waals surface area contributed by atoms with Gasteiger partial charge in [0.15, 0.2) is 0 Å². The minimum absolute atomic E-state index is 0.000576. The number of carbonyl (C=O) groups excluding carboxylic acids is 2. The number of rotatable bonds is 4. The maximum Gasteiger partial charge on any atom is 0.254 e. The predicted molar refractivity (Wildman–Crippen MR) is 117 cm³/mol. The summed E-state index contributed by atoms with van der Waals surface area (Å²) in [5, 5.41) is 3.95. The van der Waals surface area contributed by atoms with E-state index in [0.717, 1.165) is 38.6 Å². The molecule has 7 nitrogen and oxygen atoms in total. The van der Waals surface area contributed by atoms with Gasteiger partial charge in [0.2, 0.25) is 5.91 Å². The number of thiazole rings is 1. The van der Waals surface area contributed by atoms with Crippen LogP contribution in [0.5, 0.6) is 0 Å². The van der Waals surface area contributed by atoms with Gasteiger partial charge in [0.25, 0.3) is 5.91 Å². The number of nitrogens with one attached hydrogen (secondary N) is 1. The molecule has 1 fully saturated rings. The molecule has 3 N–H and O–H groups in total. The van der Waals surface area contributed by atoms with Crippen molar-refractivity contribution in [1.82, 2.24) is 14.9 Å². The third-order valence-electron chi connectivity index (χ3n) is 5.43. The first kappa shape index (κ1) is 18.8. The van der Waals surface area contributed by atoms with Crippen LogP contribution < -0.4 is 5.73 Å². The first-order valence-corrected chi connectivity index (χ1v) is 10.7. The minimum Gasteiger partial charge on any atom is -0.378 e. The highest BCUT2D eigenvalue weighted by atomic mass is 32.1. The normalized spacial score (nSPS) is 14.5. The average Bonchev–Trinajstić information content (AvgIpc) is 3.41. The Morgan fingerprint density at radius 3 is 2.73 bits per heavy atom. The standard InChI is InChI=1S/C22H20N4O3S/c23-20(27)10-15-7-14(19-11-30-12-24-19)8-17-16-2-1-13(9-18(16)25-21(15)17)22(28)26-3-5-29-6-4-26/h1-2,7-9,11-12,25H,3-6,10H2,(H2,23,27). The number of primary amides is 1. The monoisotopic (exact) mass is 420 g/mol. The van der Waals surface area contributed by atoms with Crippen LogP contribution in [0.15, 0.2) is 41.2 Å². The van der Waals surface area contributed by atoms with Crippen LogP contribution in [0, 0.1) is 0 Å². The Morgan fingerprint density at radius 2 is 2.00 bits per heavy atom. The zero-order valence-corrected chi connectivity index (χ0v) is 17.0. The molecule has 4 aromatic rings. The van der Waals surface area contributed by atoms with Crippen LogP contribution in [0.1, 0.15) is 15.9 Å². The molecule has 30 heavy (non-hydrogen) atoms. The first-order valence-electron chi connectivity index (χ1n) is 9.72. The van der Waals surface area contributed by atoms with Gasteiger partial charge in [0.05, 0.1) is 36.4 Å². The Morgan fingerprint density at radius 1 is 1.17 bits per heavy atom. The number of benzene rings is 2. The smallest absolute Gasteiger partial charge is 0.254 e. The molecule has 0 radical (unpaired) electrons. The summed E-state index contributed by atoms with van der Waals surface area (Å²) in [6, 6.07) is 9.72. The number of carbonyl (C=O) groups is 2. The number of nitrogens with zero attached hydrogens (tertiary/aromatic N) is 2. The number of H-pyrrole nitrogens is 1. The first-order chi connectivity index (χ1) is 14.6. The van der Waals surface area contributed by atoms with Gasteiger partial charge in [-0.1, -0.05) is 6.07 Å². The highest BCUT2D eigenvalue weighted by Crippen LogP contribution is 2.33. The zero-order valence-electron chi connectivity index (χ0n) is 16.2. The van der Waals surface area contributed by atoms with Crippen LogP contribution in [0.2, 0.25) is 0 Å². The van der Waals surface area contributed by atoms with Gasteiger partial charge in [-0.25, -0.2) is 4.98 Å². The van der Waals surface area contributed by atoms with E-state index in [-0.39, 0.29) is 12.3 Å². The second kappa shape index (κ2) is 7.55. The molecule has 1 saturated heterocycles. The van der Waals surface area contributed by atoms with Crippen molar-refractivity contribution in [2.45, 2.75) is 6.42 Å². The Balaban J connectivity index is 1.64. The van der Waals surface area contributed by atoms with Crippen molar-refractivity contribution in [3.05, 3.63) is 52.3 Å². The summed E-state index contributed by atoms with van der Waals surface area (Å²) in [4.78, 5) is 34.2. The fourth-order valence-corrected chi connectivity index (χ4v) is 4.55. The highest BCUT2D eigenvalue weighted by Gasteiger charge is 2.20. The number of aromatic nitrogens is 2. The van der Waals surface area contributed by atoms with Crippen molar-refractivity contribution in [2.24, 2.45) is 5.73 Å². The molecule has 0 atom stereocenters. The fourth-order valence-electron chi connectivity index (χ4n) is 3.99. The molecule has 1 aliphatic heterocycles. The van der Waals surface area contributed by atoms with E-state index in [9.17, 15) is 9.59 Å². The van der Waals surface area contributed by atoms with E-state index in [1.54, 1.807) is 5.51 Å². The van der Waals surface area contributed by atoms with Gasteiger partial charge in [0, 0.05) is 45.9 Å². The summed E-state index contributed by atoms with van der Waals surface area (Å²) in [7, 11) is 0. The molecule has 2 amide bonds. The molecule has 2 aromatic heterocycles. The molecule has 2 aromatic carbocycles. The maximum atomic E-state index is 12.9. The molecule has 3 heterocycles. The summed E-state index contributed by atoms with van der Waals surface area (Å²) in [6.45, 7) is 2.33. The predicted octanol–water partition coefficient (Wildman–Crippen LogP) is 2.94. The van der Waals surface area contributed by atoms with Gasteiger partial charge in [-0.3, -0.25) is 9.59 Å².